The molecule has 1 heterocycles. The van der Waals surface area contributed by atoms with Crippen LogP contribution in [0.25, 0.3) is 64.3 Å². The minimum absolute atomic E-state index is 0.402. The number of rotatable bonds is 1. The Bertz CT molecular complexity index is 2480. The highest BCUT2D eigenvalue weighted by atomic mass is 79.9. The topological polar surface area (TPSA) is 0 Å². The highest BCUT2D eigenvalue weighted by molar-refractivity contribution is 9.10. The summed E-state index contributed by atoms with van der Waals surface area (Å²) in [6.45, 7) is 0. The lowest BCUT2D eigenvalue weighted by Gasteiger charge is -2.32. The van der Waals surface area contributed by atoms with E-state index in [2.05, 4.69) is 155 Å². The Morgan fingerprint density at radius 3 is 2.09 bits per heavy atom. The van der Waals surface area contributed by atoms with Crippen molar-refractivity contribution in [3.8, 4) is 33.4 Å². The molecule has 1 atom stereocenters. The summed E-state index contributed by atoms with van der Waals surface area (Å²) in [7, 11) is 0. The summed E-state index contributed by atoms with van der Waals surface area (Å²) in [6.07, 6.45) is 0. The number of thiophene rings is 1. The Labute approximate surface area is 262 Å². The maximum absolute atomic E-state index is 3.65. The minimum atomic E-state index is -0.402. The molecule has 0 aliphatic heterocycles. The summed E-state index contributed by atoms with van der Waals surface area (Å²) in [5.41, 5.74) is 13.1. The molecule has 2 aliphatic carbocycles. The number of hydrogen-bond acceptors (Lipinski definition) is 1. The fourth-order valence-corrected chi connectivity index (χ4v) is 9.62. The number of hydrogen-bond donors (Lipinski definition) is 0. The monoisotopic (exact) mass is 626 g/mol. The lowest BCUT2D eigenvalue weighted by atomic mass is 9.68. The molecule has 1 unspecified atom stereocenters. The molecule has 200 valence electrons. The fraction of sp³-hybridized carbons (Fsp3) is 0.0244. The van der Waals surface area contributed by atoms with Gasteiger partial charge in [0.25, 0.3) is 0 Å². The second-order valence-electron chi connectivity index (χ2n) is 11.7. The smallest absolute Gasteiger partial charge is 0.0731 e. The zero-order valence-corrected chi connectivity index (χ0v) is 25.5. The molecule has 0 fully saturated rings. The molecule has 2 aliphatic rings. The standard InChI is InChI=1S/C41H23BrS/c42-27-19-18-24-22-26(17-16-25(24)23-27)28-11-7-12-30-29-8-1-4-13-33(29)41(40(28)30)34-14-5-2-9-31(34)38-35(41)20-21-37-39(38)32-10-3-6-15-36(32)43-37/h1-23H. The zero-order valence-electron chi connectivity index (χ0n) is 23.1. The molecule has 10 rings (SSSR count). The van der Waals surface area contributed by atoms with Crippen LogP contribution in [0.2, 0.25) is 0 Å². The second-order valence-corrected chi connectivity index (χ2v) is 13.7. The first kappa shape index (κ1) is 24.0. The molecule has 2 heteroatoms. The van der Waals surface area contributed by atoms with Crippen molar-refractivity contribution in [1.29, 1.82) is 0 Å². The van der Waals surface area contributed by atoms with Crippen LogP contribution in [-0.4, -0.2) is 0 Å². The van der Waals surface area contributed by atoms with Gasteiger partial charge < -0.3 is 0 Å². The molecule has 0 saturated heterocycles. The van der Waals surface area contributed by atoms with E-state index < -0.39 is 5.41 Å². The second kappa shape index (κ2) is 8.54. The van der Waals surface area contributed by atoms with Crippen molar-refractivity contribution in [3.63, 3.8) is 0 Å². The highest BCUT2D eigenvalue weighted by Crippen LogP contribution is 2.66. The highest BCUT2D eigenvalue weighted by Gasteiger charge is 2.53. The van der Waals surface area contributed by atoms with E-state index in [0.29, 0.717) is 0 Å². The van der Waals surface area contributed by atoms with Gasteiger partial charge in [0.1, 0.15) is 0 Å². The van der Waals surface area contributed by atoms with Crippen molar-refractivity contribution in [3.05, 3.63) is 166 Å². The van der Waals surface area contributed by atoms with Crippen LogP contribution in [0, 0.1) is 0 Å². The Morgan fingerprint density at radius 2 is 1.19 bits per heavy atom. The normalized spacial score (nSPS) is 16.1. The summed E-state index contributed by atoms with van der Waals surface area (Å²) in [4.78, 5) is 0. The zero-order chi connectivity index (χ0) is 28.3. The maximum atomic E-state index is 3.65. The van der Waals surface area contributed by atoms with E-state index in [1.165, 1.54) is 86.6 Å². The summed E-state index contributed by atoms with van der Waals surface area (Å²) in [6, 6.07) is 52.4. The number of benzene rings is 7. The molecule has 1 spiro atoms. The van der Waals surface area contributed by atoms with Crippen LogP contribution in [0.15, 0.2) is 144 Å². The van der Waals surface area contributed by atoms with E-state index in [4.69, 9.17) is 0 Å². The molecule has 8 aromatic rings. The third-order valence-electron chi connectivity index (χ3n) is 9.72. The molecule has 0 bridgehead atoms. The van der Waals surface area contributed by atoms with Crippen LogP contribution in [0.3, 0.4) is 0 Å². The van der Waals surface area contributed by atoms with Crippen LogP contribution in [0.4, 0.5) is 0 Å². The molecule has 0 nitrogen and oxygen atoms in total. The van der Waals surface area contributed by atoms with Crippen molar-refractivity contribution in [2.45, 2.75) is 5.41 Å². The quantitative estimate of drug-likeness (QED) is 0.170. The first-order valence-corrected chi connectivity index (χ1v) is 16.3. The molecular weight excluding hydrogens is 604 g/mol. The molecule has 0 amide bonds. The van der Waals surface area contributed by atoms with Gasteiger partial charge in [0, 0.05) is 24.6 Å². The van der Waals surface area contributed by atoms with Gasteiger partial charge in [-0.05, 0) is 96.7 Å². The average molecular weight is 628 g/mol. The van der Waals surface area contributed by atoms with E-state index in [-0.39, 0.29) is 0 Å². The lowest BCUT2D eigenvalue weighted by Crippen LogP contribution is -2.26. The lowest BCUT2D eigenvalue weighted by molar-refractivity contribution is 0.796. The number of halogens is 1. The predicted octanol–water partition coefficient (Wildman–Crippen LogP) is 12.0. The molecule has 0 saturated carbocycles. The molecule has 7 aromatic carbocycles. The van der Waals surface area contributed by atoms with Gasteiger partial charge >= 0.3 is 0 Å². The number of fused-ring (bicyclic) bond motifs is 15. The van der Waals surface area contributed by atoms with Gasteiger partial charge in [0.15, 0.2) is 0 Å². The Morgan fingerprint density at radius 1 is 0.488 bits per heavy atom. The van der Waals surface area contributed by atoms with Gasteiger partial charge in [0.2, 0.25) is 0 Å². The average Bonchev–Trinajstić information content (AvgIpc) is 3.68. The van der Waals surface area contributed by atoms with Gasteiger partial charge in [-0.2, -0.15) is 0 Å². The van der Waals surface area contributed by atoms with E-state index in [1.54, 1.807) is 0 Å². The van der Waals surface area contributed by atoms with Gasteiger partial charge in [-0.25, -0.2) is 0 Å². The van der Waals surface area contributed by atoms with Crippen LogP contribution < -0.4 is 0 Å². The van der Waals surface area contributed by atoms with Crippen molar-refractivity contribution in [2.75, 3.05) is 0 Å². The Kier molecular flexibility index (Phi) is 4.76. The van der Waals surface area contributed by atoms with E-state index in [0.717, 1.165) is 4.47 Å². The van der Waals surface area contributed by atoms with Crippen LogP contribution in [0.5, 0.6) is 0 Å². The first-order valence-electron chi connectivity index (χ1n) is 14.7. The summed E-state index contributed by atoms with van der Waals surface area (Å²) in [5.74, 6) is 0. The molecular formula is C41H23BrS. The Balaban J connectivity index is 1.38. The molecule has 0 N–H and O–H groups in total. The van der Waals surface area contributed by atoms with Crippen molar-refractivity contribution >= 4 is 58.2 Å². The molecule has 0 radical (unpaired) electrons. The van der Waals surface area contributed by atoms with Gasteiger partial charge in [-0.15, -0.1) is 11.3 Å². The van der Waals surface area contributed by atoms with Gasteiger partial charge in [0.05, 0.1) is 5.41 Å². The van der Waals surface area contributed by atoms with Gasteiger partial charge in [-0.3, -0.25) is 0 Å². The summed E-state index contributed by atoms with van der Waals surface area (Å²) < 4.78 is 3.81. The Hall–Kier alpha value is -4.50. The first-order chi connectivity index (χ1) is 21.2. The molecule has 1 aromatic heterocycles. The SMILES string of the molecule is Brc1ccc2cc(-c3cccc4c3C3(c5ccccc5-4)c4ccccc4-c4c3ccc3sc5ccccc5c43)ccc2c1. The van der Waals surface area contributed by atoms with Crippen LogP contribution in [-0.2, 0) is 5.41 Å². The van der Waals surface area contributed by atoms with E-state index in [1.807, 2.05) is 11.3 Å². The largest absolute Gasteiger partial charge is 0.135 e. The summed E-state index contributed by atoms with van der Waals surface area (Å²) in [5, 5.41) is 5.24. The van der Waals surface area contributed by atoms with Gasteiger partial charge in [-0.1, -0.05) is 125 Å². The van der Waals surface area contributed by atoms with E-state index >= 15 is 0 Å². The maximum Gasteiger partial charge on any atom is 0.0731 e. The minimum Gasteiger partial charge on any atom is -0.135 e. The van der Waals surface area contributed by atoms with Crippen LogP contribution in [0.1, 0.15) is 22.3 Å². The molecule has 43 heavy (non-hydrogen) atoms. The van der Waals surface area contributed by atoms with Crippen molar-refractivity contribution in [1.82, 2.24) is 0 Å². The van der Waals surface area contributed by atoms with Crippen molar-refractivity contribution < 1.29 is 0 Å². The fourth-order valence-electron chi connectivity index (χ4n) is 8.13. The third kappa shape index (κ3) is 3.00. The van der Waals surface area contributed by atoms with Crippen molar-refractivity contribution in [2.24, 2.45) is 0 Å². The summed E-state index contributed by atoms with van der Waals surface area (Å²) >= 11 is 5.56. The predicted molar refractivity (Wildman–Crippen MR) is 186 cm³/mol. The van der Waals surface area contributed by atoms with E-state index in [9.17, 15) is 0 Å². The van der Waals surface area contributed by atoms with Crippen LogP contribution >= 0.6 is 27.3 Å². The third-order valence-corrected chi connectivity index (χ3v) is 11.4.